The monoisotopic (exact) mass is 338 g/mol. The number of nitrogens with one attached hydrogen (secondary N) is 2. The molecular weight excluding hydrogens is 315 g/mol. The Kier molecular flexibility index (Phi) is 5.17. The van der Waals surface area contributed by atoms with Gasteiger partial charge in [-0.25, -0.2) is 4.39 Å². The summed E-state index contributed by atoms with van der Waals surface area (Å²) in [6, 6.07) is 14.6. The maximum Gasteiger partial charge on any atom is 0.221 e. The lowest BCUT2D eigenvalue weighted by Crippen LogP contribution is -2.33. The van der Waals surface area contributed by atoms with Crippen LogP contribution in [0.25, 0.3) is 10.9 Å². The molecule has 0 spiro atoms. The molecule has 0 saturated heterocycles. The van der Waals surface area contributed by atoms with Crippen LogP contribution < -0.4 is 5.32 Å². The number of amides is 1. The zero-order chi connectivity index (χ0) is 17.8. The Balaban J connectivity index is 1.99. The summed E-state index contributed by atoms with van der Waals surface area (Å²) >= 11 is 0. The van der Waals surface area contributed by atoms with Gasteiger partial charge in [-0.15, -0.1) is 0 Å². The van der Waals surface area contributed by atoms with Crippen LogP contribution in [-0.2, 0) is 4.79 Å². The molecule has 4 heteroatoms. The van der Waals surface area contributed by atoms with Gasteiger partial charge in [0.05, 0.1) is 0 Å². The normalized spacial score (nSPS) is 13.6. The van der Waals surface area contributed by atoms with E-state index in [9.17, 15) is 9.18 Å². The van der Waals surface area contributed by atoms with Crippen molar-refractivity contribution in [1.29, 1.82) is 0 Å². The van der Waals surface area contributed by atoms with Crippen LogP contribution in [0.4, 0.5) is 4.39 Å². The first-order valence-electron chi connectivity index (χ1n) is 8.69. The number of carbonyl (C=O) groups is 1. The molecule has 130 valence electrons. The van der Waals surface area contributed by atoms with Crippen molar-refractivity contribution < 1.29 is 9.18 Å². The van der Waals surface area contributed by atoms with Gasteiger partial charge in [0.15, 0.2) is 0 Å². The minimum Gasteiger partial charge on any atom is -0.361 e. The van der Waals surface area contributed by atoms with E-state index in [-0.39, 0.29) is 30.1 Å². The van der Waals surface area contributed by atoms with Crippen molar-refractivity contribution in [3.63, 3.8) is 0 Å². The van der Waals surface area contributed by atoms with Gasteiger partial charge < -0.3 is 10.3 Å². The second-order valence-electron chi connectivity index (χ2n) is 6.48. The molecule has 0 aliphatic carbocycles. The Hall–Kier alpha value is -2.62. The highest BCUT2D eigenvalue weighted by Gasteiger charge is 2.22. The first kappa shape index (κ1) is 17.2. The first-order chi connectivity index (χ1) is 12.1. The number of aromatic amines is 1. The number of hydrogen-bond acceptors (Lipinski definition) is 1. The van der Waals surface area contributed by atoms with E-state index < -0.39 is 0 Å². The molecular formula is C21H23FN2O. The summed E-state index contributed by atoms with van der Waals surface area (Å²) in [6.07, 6.45) is 3.09. The zero-order valence-electron chi connectivity index (χ0n) is 14.6. The third kappa shape index (κ3) is 3.90. The fraction of sp³-hybridized carbons (Fsp3) is 0.286. The van der Waals surface area contributed by atoms with Gasteiger partial charge in [0.1, 0.15) is 5.82 Å². The number of aromatic nitrogens is 1. The number of halogens is 1. The molecule has 2 aromatic carbocycles. The Morgan fingerprint density at radius 3 is 2.76 bits per heavy atom. The van der Waals surface area contributed by atoms with Crippen molar-refractivity contribution in [2.45, 2.75) is 38.6 Å². The number of benzene rings is 2. The van der Waals surface area contributed by atoms with Crippen molar-refractivity contribution in [2.24, 2.45) is 0 Å². The van der Waals surface area contributed by atoms with Crippen molar-refractivity contribution in [2.75, 3.05) is 0 Å². The lowest BCUT2D eigenvalue weighted by molar-refractivity contribution is -0.121. The molecule has 0 saturated carbocycles. The number of para-hydroxylation sites is 1. The SMILES string of the molecule is CC[C@H](C)NC(=O)C[C@@H](c1cccc(F)c1)c1c[nH]c2ccccc12. The van der Waals surface area contributed by atoms with Crippen LogP contribution >= 0.6 is 0 Å². The van der Waals surface area contributed by atoms with E-state index in [0.29, 0.717) is 0 Å². The van der Waals surface area contributed by atoms with Crippen molar-refractivity contribution in [3.8, 4) is 0 Å². The highest BCUT2D eigenvalue weighted by molar-refractivity contribution is 5.86. The van der Waals surface area contributed by atoms with E-state index in [1.165, 1.54) is 12.1 Å². The molecule has 1 amide bonds. The van der Waals surface area contributed by atoms with Crippen LogP contribution in [0.2, 0.25) is 0 Å². The summed E-state index contributed by atoms with van der Waals surface area (Å²) in [5, 5.41) is 4.07. The van der Waals surface area contributed by atoms with Gasteiger partial charge in [-0.05, 0) is 42.7 Å². The van der Waals surface area contributed by atoms with E-state index in [4.69, 9.17) is 0 Å². The molecule has 2 atom stereocenters. The average Bonchev–Trinajstić information content (AvgIpc) is 3.03. The number of H-pyrrole nitrogens is 1. The van der Waals surface area contributed by atoms with Crippen LogP contribution in [-0.4, -0.2) is 16.9 Å². The maximum atomic E-state index is 13.8. The largest absolute Gasteiger partial charge is 0.361 e. The molecule has 0 aliphatic heterocycles. The quantitative estimate of drug-likeness (QED) is 0.670. The summed E-state index contributed by atoms with van der Waals surface area (Å²) < 4.78 is 13.8. The molecule has 1 aromatic heterocycles. The Bertz CT molecular complexity index is 871. The third-order valence-electron chi connectivity index (χ3n) is 4.66. The van der Waals surface area contributed by atoms with Crippen LogP contribution in [0.3, 0.4) is 0 Å². The van der Waals surface area contributed by atoms with Crippen molar-refractivity contribution >= 4 is 16.8 Å². The summed E-state index contributed by atoms with van der Waals surface area (Å²) in [5.74, 6) is -0.505. The molecule has 3 nitrogen and oxygen atoms in total. The fourth-order valence-electron chi connectivity index (χ4n) is 3.13. The molecule has 0 fully saturated rings. The zero-order valence-corrected chi connectivity index (χ0v) is 14.6. The molecule has 1 heterocycles. The molecule has 0 radical (unpaired) electrons. The predicted octanol–water partition coefficient (Wildman–Crippen LogP) is 4.74. The minimum absolute atomic E-state index is 0.0195. The second kappa shape index (κ2) is 7.51. The van der Waals surface area contributed by atoms with Crippen molar-refractivity contribution in [3.05, 3.63) is 71.7 Å². The van der Waals surface area contributed by atoms with Crippen LogP contribution in [0.15, 0.2) is 54.7 Å². The van der Waals surface area contributed by atoms with Gasteiger partial charge >= 0.3 is 0 Å². The summed E-state index contributed by atoms with van der Waals surface area (Å²) in [7, 11) is 0. The molecule has 0 aliphatic rings. The van der Waals surface area contributed by atoms with Gasteiger partial charge in [0, 0.05) is 35.5 Å². The maximum absolute atomic E-state index is 13.8. The summed E-state index contributed by atoms with van der Waals surface area (Å²) in [5.41, 5.74) is 2.84. The number of fused-ring (bicyclic) bond motifs is 1. The lowest BCUT2D eigenvalue weighted by Gasteiger charge is -2.19. The fourth-order valence-corrected chi connectivity index (χ4v) is 3.13. The Morgan fingerprint density at radius 1 is 1.20 bits per heavy atom. The van der Waals surface area contributed by atoms with E-state index in [1.54, 1.807) is 6.07 Å². The molecule has 3 aromatic rings. The van der Waals surface area contributed by atoms with E-state index in [0.717, 1.165) is 28.5 Å². The van der Waals surface area contributed by atoms with Crippen molar-refractivity contribution in [1.82, 2.24) is 10.3 Å². The molecule has 25 heavy (non-hydrogen) atoms. The Morgan fingerprint density at radius 2 is 2.00 bits per heavy atom. The van der Waals surface area contributed by atoms with Gasteiger partial charge in [0.25, 0.3) is 0 Å². The predicted molar refractivity (Wildman–Crippen MR) is 99.1 cm³/mol. The van der Waals surface area contributed by atoms with Gasteiger partial charge in [-0.3, -0.25) is 4.79 Å². The van der Waals surface area contributed by atoms with Crippen LogP contribution in [0.1, 0.15) is 43.7 Å². The molecule has 0 bridgehead atoms. The first-order valence-corrected chi connectivity index (χ1v) is 8.69. The Labute approximate surface area is 147 Å². The third-order valence-corrected chi connectivity index (χ3v) is 4.66. The summed E-state index contributed by atoms with van der Waals surface area (Å²) in [6.45, 7) is 4.02. The van der Waals surface area contributed by atoms with E-state index in [2.05, 4.69) is 10.3 Å². The van der Waals surface area contributed by atoms with Gasteiger partial charge in [-0.2, -0.15) is 0 Å². The molecule has 0 unspecified atom stereocenters. The number of rotatable bonds is 6. The van der Waals surface area contributed by atoms with Gasteiger partial charge in [-0.1, -0.05) is 37.3 Å². The van der Waals surface area contributed by atoms with E-state index in [1.807, 2.05) is 50.4 Å². The molecule has 3 rings (SSSR count). The lowest BCUT2D eigenvalue weighted by atomic mass is 9.88. The van der Waals surface area contributed by atoms with Crippen LogP contribution in [0.5, 0.6) is 0 Å². The number of carbonyl (C=O) groups excluding carboxylic acids is 1. The van der Waals surface area contributed by atoms with Gasteiger partial charge in [0.2, 0.25) is 5.91 Å². The average molecular weight is 338 g/mol. The second-order valence-corrected chi connectivity index (χ2v) is 6.48. The summed E-state index contributed by atoms with van der Waals surface area (Å²) in [4.78, 5) is 15.7. The van der Waals surface area contributed by atoms with E-state index >= 15 is 0 Å². The molecule has 2 N–H and O–H groups in total. The smallest absolute Gasteiger partial charge is 0.221 e. The minimum atomic E-state index is -0.287. The standard InChI is InChI=1S/C21H23FN2O/c1-3-14(2)24-21(25)12-18(15-7-6-8-16(22)11-15)19-13-23-20-10-5-4-9-17(19)20/h4-11,13-14,18,23H,3,12H2,1-2H3,(H,24,25)/t14-,18-/m0/s1. The number of hydrogen-bond donors (Lipinski definition) is 2. The highest BCUT2D eigenvalue weighted by atomic mass is 19.1. The highest BCUT2D eigenvalue weighted by Crippen LogP contribution is 2.33. The topological polar surface area (TPSA) is 44.9 Å². The van der Waals surface area contributed by atoms with Crippen LogP contribution in [0, 0.1) is 5.82 Å².